The Morgan fingerprint density at radius 3 is 2.36 bits per heavy atom. The number of hydrogen-bond donors (Lipinski definition) is 2. The number of nitrogens with one attached hydrogen (secondary N) is 1. The number of carbonyl (C=O) groups is 1. The number of sulfonamides is 1. The molecular formula is C8H17NO4S. The summed E-state index contributed by atoms with van der Waals surface area (Å²) < 4.78 is 24.7. The highest BCUT2D eigenvalue weighted by atomic mass is 32.2. The Bertz CT molecular complexity index is 273. The maximum Gasteiger partial charge on any atom is 0.304 e. The van der Waals surface area contributed by atoms with Crippen molar-refractivity contribution in [3.05, 3.63) is 0 Å². The molecule has 0 aromatic rings. The van der Waals surface area contributed by atoms with Crippen LogP contribution in [0.1, 0.15) is 33.1 Å². The molecule has 0 rings (SSSR count). The summed E-state index contributed by atoms with van der Waals surface area (Å²) in [6, 6.07) is -0.484. The standard InChI is InChI=1S/C8H17NO4S/c1-3-5-7(6-8(10)11)9-14(12,13)4-2/h7,9H,3-6H2,1-2H3,(H,10,11). The molecule has 2 N–H and O–H groups in total. The molecule has 5 nitrogen and oxygen atoms in total. The van der Waals surface area contributed by atoms with Gasteiger partial charge in [-0.15, -0.1) is 0 Å². The molecule has 0 fully saturated rings. The average Bonchev–Trinajstić information content (AvgIpc) is 2.03. The Morgan fingerprint density at radius 2 is 2.00 bits per heavy atom. The lowest BCUT2D eigenvalue weighted by atomic mass is 10.1. The minimum atomic E-state index is -3.30. The highest BCUT2D eigenvalue weighted by Gasteiger charge is 2.17. The Morgan fingerprint density at radius 1 is 1.43 bits per heavy atom. The molecule has 6 heteroatoms. The zero-order valence-electron chi connectivity index (χ0n) is 8.49. The molecular weight excluding hydrogens is 206 g/mol. The highest BCUT2D eigenvalue weighted by Crippen LogP contribution is 2.03. The van der Waals surface area contributed by atoms with Gasteiger partial charge in [0, 0.05) is 6.04 Å². The van der Waals surface area contributed by atoms with Crippen molar-refractivity contribution in [1.82, 2.24) is 4.72 Å². The monoisotopic (exact) mass is 223 g/mol. The van der Waals surface area contributed by atoms with Crippen molar-refractivity contribution in [2.24, 2.45) is 0 Å². The van der Waals surface area contributed by atoms with Crippen molar-refractivity contribution >= 4 is 16.0 Å². The highest BCUT2D eigenvalue weighted by molar-refractivity contribution is 7.89. The van der Waals surface area contributed by atoms with Crippen LogP contribution in [0.25, 0.3) is 0 Å². The van der Waals surface area contributed by atoms with Gasteiger partial charge in [-0.25, -0.2) is 13.1 Å². The molecule has 84 valence electrons. The van der Waals surface area contributed by atoms with Gasteiger partial charge in [-0.1, -0.05) is 13.3 Å². The summed E-state index contributed by atoms with van der Waals surface area (Å²) in [7, 11) is -3.30. The molecule has 0 aliphatic carbocycles. The van der Waals surface area contributed by atoms with Crippen LogP contribution < -0.4 is 4.72 Å². The van der Waals surface area contributed by atoms with Gasteiger partial charge in [0.05, 0.1) is 12.2 Å². The predicted octanol–water partition coefficient (Wildman–Crippen LogP) is 0.569. The number of carboxylic acid groups (broad SMARTS) is 1. The molecule has 0 aliphatic rings. The van der Waals surface area contributed by atoms with E-state index in [9.17, 15) is 13.2 Å². The van der Waals surface area contributed by atoms with E-state index in [0.29, 0.717) is 6.42 Å². The molecule has 14 heavy (non-hydrogen) atoms. The molecule has 0 heterocycles. The minimum Gasteiger partial charge on any atom is -0.481 e. The first-order valence-electron chi connectivity index (χ1n) is 4.63. The van der Waals surface area contributed by atoms with Gasteiger partial charge in [0.1, 0.15) is 0 Å². The molecule has 0 radical (unpaired) electrons. The largest absolute Gasteiger partial charge is 0.481 e. The second kappa shape index (κ2) is 5.98. The van der Waals surface area contributed by atoms with Gasteiger partial charge in [-0.3, -0.25) is 4.79 Å². The van der Waals surface area contributed by atoms with Crippen LogP contribution in [0.3, 0.4) is 0 Å². The zero-order valence-corrected chi connectivity index (χ0v) is 9.30. The van der Waals surface area contributed by atoms with Crippen LogP contribution in [0.4, 0.5) is 0 Å². The molecule has 0 spiro atoms. The summed E-state index contributed by atoms with van der Waals surface area (Å²) in [5.74, 6) is -1.01. The van der Waals surface area contributed by atoms with Crippen LogP contribution in [-0.2, 0) is 14.8 Å². The lowest BCUT2D eigenvalue weighted by molar-refractivity contribution is -0.137. The lowest BCUT2D eigenvalue weighted by Crippen LogP contribution is -2.37. The van der Waals surface area contributed by atoms with E-state index in [1.54, 1.807) is 0 Å². The molecule has 1 atom stereocenters. The molecule has 0 saturated heterocycles. The van der Waals surface area contributed by atoms with Crippen molar-refractivity contribution < 1.29 is 18.3 Å². The molecule has 0 aliphatic heterocycles. The third kappa shape index (κ3) is 5.93. The fraction of sp³-hybridized carbons (Fsp3) is 0.875. The summed E-state index contributed by atoms with van der Waals surface area (Å²) >= 11 is 0. The molecule has 1 unspecified atom stereocenters. The van der Waals surface area contributed by atoms with E-state index in [0.717, 1.165) is 6.42 Å². The Labute approximate surface area is 84.6 Å². The van der Waals surface area contributed by atoms with Crippen molar-refractivity contribution in [2.75, 3.05) is 5.75 Å². The maximum absolute atomic E-state index is 11.2. The molecule has 0 bridgehead atoms. The number of carboxylic acids is 1. The molecule has 0 aromatic carbocycles. The first kappa shape index (κ1) is 13.4. The average molecular weight is 223 g/mol. The maximum atomic E-state index is 11.2. The van der Waals surface area contributed by atoms with Crippen LogP contribution in [0.2, 0.25) is 0 Å². The van der Waals surface area contributed by atoms with E-state index in [2.05, 4.69) is 4.72 Å². The fourth-order valence-electron chi connectivity index (χ4n) is 1.10. The summed E-state index contributed by atoms with van der Waals surface area (Å²) in [4.78, 5) is 10.4. The van der Waals surface area contributed by atoms with Gasteiger partial charge >= 0.3 is 5.97 Å². The summed E-state index contributed by atoms with van der Waals surface area (Å²) in [5.41, 5.74) is 0. The van der Waals surface area contributed by atoms with Crippen LogP contribution >= 0.6 is 0 Å². The third-order valence-corrected chi connectivity index (χ3v) is 3.24. The van der Waals surface area contributed by atoms with Gasteiger partial charge < -0.3 is 5.11 Å². The Balaban J connectivity index is 4.29. The smallest absolute Gasteiger partial charge is 0.304 e. The van der Waals surface area contributed by atoms with Crippen LogP contribution in [0.5, 0.6) is 0 Å². The van der Waals surface area contributed by atoms with Gasteiger partial charge in [0.25, 0.3) is 0 Å². The fourth-order valence-corrected chi connectivity index (χ4v) is 1.97. The van der Waals surface area contributed by atoms with Gasteiger partial charge in [0.2, 0.25) is 10.0 Å². The molecule has 0 amide bonds. The minimum absolute atomic E-state index is 0.0210. The van der Waals surface area contributed by atoms with Gasteiger partial charge in [-0.05, 0) is 13.3 Å². The van der Waals surface area contributed by atoms with Crippen LogP contribution in [0, 0.1) is 0 Å². The molecule has 0 saturated carbocycles. The zero-order chi connectivity index (χ0) is 11.2. The lowest BCUT2D eigenvalue weighted by Gasteiger charge is -2.15. The number of rotatable bonds is 7. The molecule has 0 aromatic heterocycles. The Kier molecular flexibility index (Phi) is 5.71. The summed E-state index contributed by atoms with van der Waals surface area (Å²) in [6.45, 7) is 3.40. The first-order chi connectivity index (χ1) is 6.41. The van der Waals surface area contributed by atoms with Crippen molar-refractivity contribution in [2.45, 2.75) is 39.2 Å². The number of aliphatic carboxylic acids is 1. The second-order valence-electron chi connectivity index (χ2n) is 3.10. The van der Waals surface area contributed by atoms with E-state index in [4.69, 9.17) is 5.11 Å². The van der Waals surface area contributed by atoms with E-state index >= 15 is 0 Å². The van der Waals surface area contributed by atoms with Crippen molar-refractivity contribution in [1.29, 1.82) is 0 Å². The quantitative estimate of drug-likeness (QED) is 0.661. The van der Waals surface area contributed by atoms with Crippen LogP contribution in [-0.4, -0.2) is 31.3 Å². The normalized spacial score (nSPS) is 13.9. The van der Waals surface area contributed by atoms with E-state index in [1.807, 2.05) is 6.92 Å². The topological polar surface area (TPSA) is 83.5 Å². The third-order valence-electron chi connectivity index (χ3n) is 1.78. The second-order valence-corrected chi connectivity index (χ2v) is 5.15. The van der Waals surface area contributed by atoms with Crippen LogP contribution in [0.15, 0.2) is 0 Å². The predicted molar refractivity (Wildman–Crippen MR) is 53.5 cm³/mol. The van der Waals surface area contributed by atoms with E-state index in [-0.39, 0.29) is 12.2 Å². The summed E-state index contributed by atoms with van der Waals surface area (Å²) in [5, 5.41) is 8.55. The first-order valence-corrected chi connectivity index (χ1v) is 6.28. The van der Waals surface area contributed by atoms with E-state index < -0.39 is 22.0 Å². The number of hydrogen-bond acceptors (Lipinski definition) is 3. The SMILES string of the molecule is CCCC(CC(=O)O)NS(=O)(=O)CC. The van der Waals surface area contributed by atoms with Crippen molar-refractivity contribution in [3.63, 3.8) is 0 Å². The van der Waals surface area contributed by atoms with Gasteiger partial charge in [0.15, 0.2) is 0 Å². The van der Waals surface area contributed by atoms with E-state index in [1.165, 1.54) is 6.92 Å². The van der Waals surface area contributed by atoms with Gasteiger partial charge in [-0.2, -0.15) is 0 Å². The van der Waals surface area contributed by atoms with Crippen molar-refractivity contribution in [3.8, 4) is 0 Å². The Hall–Kier alpha value is -0.620. The summed E-state index contributed by atoms with van der Waals surface area (Å²) in [6.07, 6.45) is 1.14.